The predicted octanol–water partition coefficient (Wildman–Crippen LogP) is 2.95. The number of nitrogens with zero attached hydrogens (tertiary/aromatic N) is 2. The summed E-state index contributed by atoms with van der Waals surface area (Å²) in [6.45, 7) is 6.97. The van der Waals surface area contributed by atoms with Crippen LogP contribution in [0.3, 0.4) is 0 Å². The molecule has 3 aromatic rings. The van der Waals surface area contributed by atoms with Crippen molar-refractivity contribution in [2.24, 2.45) is 5.92 Å². The standard InChI is InChI=1S/C23H26N2O7/c1-13(2)19(15(4)30-16-9-7-6-8-10-16)31-22(27)14(3)25-21(26)18-20(32-23(25)28)17(29-5)11-12-24-18/h6-15,19H,1-5H3/t14-,15+,19-/m0/s1. The van der Waals surface area contributed by atoms with Gasteiger partial charge < -0.3 is 18.6 Å². The Morgan fingerprint density at radius 2 is 1.75 bits per heavy atom. The first-order chi connectivity index (χ1) is 15.2. The van der Waals surface area contributed by atoms with Crippen LogP contribution < -0.4 is 20.8 Å². The number of para-hydroxylation sites is 1. The van der Waals surface area contributed by atoms with E-state index >= 15 is 0 Å². The van der Waals surface area contributed by atoms with E-state index in [0.717, 1.165) is 0 Å². The summed E-state index contributed by atoms with van der Waals surface area (Å²) in [5.41, 5.74) is -0.967. The quantitative estimate of drug-likeness (QED) is 0.490. The third-order valence-electron chi connectivity index (χ3n) is 5.06. The van der Waals surface area contributed by atoms with Gasteiger partial charge in [0.1, 0.15) is 24.0 Å². The zero-order valence-corrected chi connectivity index (χ0v) is 18.6. The molecule has 32 heavy (non-hydrogen) atoms. The summed E-state index contributed by atoms with van der Waals surface area (Å²) >= 11 is 0. The van der Waals surface area contributed by atoms with Crippen LogP contribution in [-0.4, -0.2) is 34.8 Å². The van der Waals surface area contributed by atoms with Gasteiger partial charge in [0.25, 0.3) is 5.56 Å². The van der Waals surface area contributed by atoms with Gasteiger partial charge in [-0.15, -0.1) is 0 Å². The second-order valence-corrected chi connectivity index (χ2v) is 7.69. The van der Waals surface area contributed by atoms with Gasteiger partial charge in [-0.3, -0.25) is 4.79 Å². The lowest BCUT2D eigenvalue weighted by Crippen LogP contribution is -2.43. The fraction of sp³-hybridized carbons (Fsp3) is 0.391. The lowest BCUT2D eigenvalue weighted by Gasteiger charge is -2.29. The van der Waals surface area contributed by atoms with Gasteiger partial charge in [-0.1, -0.05) is 32.0 Å². The molecule has 0 unspecified atom stereocenters. The molecule has 170 valence electrons. The van der Waals surface area contributed by atoms with E-state index in [-0.39, 0.29) is 22.8 Å². The smallest absolute Gasteiger partial charge is 0.423 e. The van der Waals surface area contributed by atoms with Crippen LogP contribution >= 0.6 is 0 Å². The maximum atomic E-state index is 12.9. The van der Waals surface area contributed by atoms with Crippen LogP contribution in [0.15, 0.2) is 56.6 Å². The zero-order chi connectivity index (χ0) is 23.4. The van der Waals surface area contributed by atoms with E-state index in [0.29, 0.717) is 10.3 Å². The number of hydrogen-bond acceptors (Lipinski definition) is 8. The molecule has 0 aliphatic carbocycles. The van der Waals surface area contributed by atoms with Crippen molar-refractivity contribution in [2.45, 2.75) is 45.9 Å². The van der Waals surface area contributed by atoms with E-state index in [1.165, 1.54) is 26.3 Å². The molecule has 0 N–H and O–H groups in total. The number of methoxy groups -OCH3 is 1. The Balaban J connectivity index is 1.87. The Kier molecular flexibility index (Phi) is 6.97. The maximum Gasteiger partial charge on any atom is 0.423 e. The highest BCUT2D eigenvalue weighted by Gasteiger charge is 2.31. The first-order valence-corrected chi connectivity index (χ1v) is 10.2. The van der Waals surface area contributed by atoms with E-state index in [4.69, 9.17) is 18.6 Å². The molecule has 0 fully saturated rings. The SMILES string of the molecule is COc1ccnc2c(=O)n([C@@H](C)C(=O)O[C@@H](C(C)C)[C@@H](C)Oc3ccccc3)c(=O)oc12. The van der Waals surface area contributed by atoms with Gasteiger partial charge in [-0.25, -0.2) is 19.1 Å². The largest absolute Gasteiger partial charge is 0.493 e. The number of aromatic nitrogens is 2. The third kappa shape index (κ3) is 4.66. The molecule has 2 aromatic heterocycles. The van der Waals surface area contributed by atoms with E-state index in [2.05, 4.69) is 4.98 Å². The number of rotatable bonds is 8. The van der Waals surface area contributed by atoms with Crippen LogP contribution in [0.4, 0.5) is 0 Å². The van der Waals surface area contributed by atoms with Gasteiger partial charge >= 0.3 is 11.7 Å². The van der Waals surface area contributed by atoms with E-state index in [1.807, 2.05) is 32.0 Å². The fourth-order valence-corrected chi connectivity index (χ4v) is 3.40. The van der Waals surface area contributed by atoms with E-state index in [9.17, 15) is 14.4 Å². The first kappa shape index (κ1) is 23.1. The van der Waals surface area contributed by atoms with Crippen LogP contribution in [0.1, 0.15) is 33.7 Å². The Bertz CT molecular complexity index is 1200. The third-order valence-corrected chi connectivity index (χ3v) is 5.06. The monoisotopic (exact) mass is 442 g/mol. The van der Waals surface area contributed by atoms with Gasteiger partial charge in [-0.05, 0) is 31.9 Å². The fourth-order valence-electron chi connectivity index (χ4n) is 3.40. The predicted molar refractivity (Wildman–Crippen MR) is 117 cm³/mol. The Labute approximate surface area is 184 Å². The second-order valence-electron chi connectivity index (χ2n) is 7.69. The van der Waals surface area contributed by atoms with Crippen molar-refractivity contribution in [2.75, 3.05) is 7.11 Å². The van der Waals surface area contributed by atoms with Gasteiger partial charge in [0.15, 0.2) is 11.3 Å². The number of fused-ring (bicyclic) bond motifs is 1. The van der Waals surface area contributed by atoms with Crippen molar-refractivity contribution in [3.8, 4) is 11.5 Å². The molecule has 1 aromatic carbocycles. The Morgan fingerprint density at radius 3 is 2.38 bits per heavy atom. The van der Waals surface area contributed by atoms with Crippen LogP contribution in [-0.2, 0) is 9.53 Å². The summed E-state index contributed by atoms with van der Waals surface area (Å²) in [4.78, 5) is 42.3. The lowest BCUT2D eigenvalue weighted by molar-refractivity contribution is -0.160. The van der Waals surface area contributed by atoms with Gasteiger partial charge in [0, 0.05) is 12.3 Å². The number of ether oxygens (including phenoxy) is 3. The molecule has 0 aliphatic heterocycles. The van der Waals surface area contributed by atoms with Gasteiger partial charge in [0.2, 0.25) is 5.58 Å². The van der Waals surface area contributed by atoms with E-state index in [1.54, 1.807) is 19.1 Å². The molecule has 0 radical (unpaired) electrons. The minimum Gasteiger partial charge on any atom is -0.493 e. The first-order valence-electron chi connectivity index (χ1n) is 10.2. The topological polar surface area (TPSA) is 110 Å². The molecule has 0 spiro atoms. The number of esters is 1. The number of pyridine rings is 1. The highest BCUT2D eigenvalue weighted by molar-refractivity contribution is 5.78. The minimum absolute atomic E-state index is 0.0771. The molecular weight excluding hydrogens is 416 g/mol. The summed E-state index contributed by atoms with van der Waals surface area (Å²) in [5.74, 6) is -1.02. The summed E-state index contributed by atoms with van der Waals surface area (Å²) in [5, 5.41) is 0. The maximum absolute atomic E-state index is 12.9. The molecular formula is C23H26N2O7. The summed E-state index contributed by atoms with van der Waals surface area (Å²) in [6, 6.07) is 9.40. The Hall–Kier alpha value is -3.62. The molecule has 0 amide bonds. The van der Waals surface area contributed by atoms with Crippen LogP contribution in [0.25, 0.3) is 11.1 Å². The lowest BCUT2D eigenvalue weighted by atomic mass is 10.0. The second kappa shape index (κ2) is 9.67. The van der Waals surface area contributed by atoms with Crippen molar-refractivity contribution in [1.29, 1.82) is 0 Å². The molecule has 9 heteroatoms. The summed E-state index contributed by atoms with van der Waals surface area (Å²) < 4.78 is 22.6. The van der Waals surface area contributed by atoms with Crippen LogP contribution in [0.2, 0.25) is 0 Å². The molecule has 0 bridgehead atoms. The molecule has 2 heterocycles. The van der Waals surface area contributed by atoms with Crippen molar-refractivity contribution in [1.82, 2.24) is 9.55 Å². The average Bonchev–Trinajstić information content (AvgIpc) is 2.77. The van der Waals surface area contributed by atoms with Crippen LogP contribution in [0.5, 0.6) is 11.5 Å². The molecule has 3 rings (SSSR count). The zero-order valence-electron chi connectivity index (χ0n) is 18.6. The summed E-state index contributed by atoms with van der Waals surface area (Å²) in [7, 11) is 1.38. The van der Waals surface area contributed by atoms with Crippen molar-refractivity contribution < 1.29 is 23.4 Å². The summed E-state index contributed by atoms with van der Waals surface area (Å²) in [6.07, 6.45) is 0.267. The number of carbonyl (C=O) groups excluding carboxylic acids is 1. The average molecular weight is 442 g/mol. The van der Waals surface area contributed by atoms with Crippen molar-refractivity contribution in [3.05, 3.63) is 63.5 Å². The van der Waals surface area contributed by atoms with Crippen LogP contribution in [0, 0.1) is 5.92 Å². The molecule has 0 saturated carbocycles. The molecule has 9 nitrogen and oxygen atoms in total. The minimum atomic E-state index is -1.23. The van der Waals surface area contributed by atoms with E-state index < -0.39 is 35.5 Å². The highest BCUT2D eigenvalue weighted by atomic mass is 16.6. The molecule has 3 atom stereocenters. The highest BCUT2D eigenvalue weighted by Crippen LogP contribution is 2.22. The number of hydrogen-bond donors (Lipinski definition) is 0. The van der Waals surface area contributed by atoms with Crippen molar-refractivity contribution in [3.63, 3.8) is 0 Å². The Morgan fingerprint density at radius 1 is 1.06 bits per heavy atom. The normalized spacial score (nSPS) is 14.1. The van der Waals surface area contributed by atoms with Gasteiger partial charge in [-0.2, -0.15) is 0 Å². The number of carbonyl (C=O) groups is 1. The molecule has 0 aliphatic rings. The number of benzene rings is 1. The van der Waals surface area contributed by atoms with Gasteiger partial charge in [0.05, 0.1) is 7.11 Å². The van der Waals surface area contributed by atoms with Crippen molar-refractivity contribution >= 4 is 17.1 Å². The molecule has 0 saturated heterocycles.